The van der Waals surface area contributed by atoms with Crippen LogP contribution in [0.15, 0.2) is 0 Å². The Hall–Kier alpha value is -0.120. The van der Waals surface area contributed by atoms with Crippen molar-refractivity contribution < 1.29 is 5.11 Å². The van der Waals surface area contributed by atoms with Gasteiger partial charge in [0.2, 0.25) is 0 Å². The molecule has 3 atom stereocenters. The number of aliphatic hydroxyl groups is 1. The SMILES string of the molecule is CC(O)CC(C)NC(CN)CC(C)(C)C. The monoisotopic (exact) mass is 216 g/mol. The average molecular weight is 216 g/mol. The molecule has 0 aromatic carbocycles. The fraction of sp³-hybridized carbons (Fsp3) is 1.00. The maximum absolute atomic E-state index is 9.27. The first-order valence-corrected chi connectivity index (χ1v) is 5.89. The zero-order valence-electron chi connectivity index (χ0n) is 10.9. The smallest absolute Gasteiger partial charge is 0.0526 e. The van der Waals surface area contributed by atoms with Crippen LogP contribution in [-0.2, 0) is 0 Å². The van der Waals surface area contributed by atoms with Crippen LogP contribution in [0.1, 0.15) is 47.5 Å². The van der Waals surface area contributed by atoms with Crippen LogP contribution in [0.2, 0.25) is 0 Å². The lowest BCUT2D eigenvalue weighted by Crippen LogP contribution is -2.44. The predicted molar refractivity (Wildman–Crippen MR) is 65.8 cm³/mol. The number of rotatable bonds is 6. The lowest BCUT2D eigenvalue weighted by Gasteiger charge is -2.29. The van der Waals surface area contributed by atoms with E-state index in [4.69, 9.17) is 5.73 Å². The van der Waals surface area contributed by atoms with Crippen LogP contribution in [0.25, 0.3) is 0 Å². The topological polar surface area (TPSA) is 58.3 Å². The Morgan fingerprint density at radius 2 is 1.80 bits per heavy atom. The molecule has 0 saturated heterocycles. The molecule has 0 rings (SSSR count). The maximum Gasteiger partial charge on any atom is 0.0526 e. The van der Waals surface area contributed by atoms with Crippen molar-refractivity contribution in [2.24, 2.45) is 11.1 Å². The number of hydrogen-bond acceptors (Lipinski definition) is 3. The minimum atomic E-state index is -0.249. The van der Waals surface area contributed by atoms with Gasteiger partial charge in [0.15, 0.2) is 0 Å². The second-order valence-corrected chi connectivity index (χ2v) is 5.85. The van der Waals surface area contributed by atoms with Crippen molar-refractivity contribution in [3.8, 4) is 0 Å². The highest BCUT2D eigenvalue weighted by molar-refractivity contribution is 4.78. The van der Waals surface area contributed by atoms with Crippen molar-refractivity contribution in [3.05, 3.63) is 0 Å². The molecular formula is C12H28N2O. The maximum atomic E-state index is 9.27. The van der Waals surface area contributed by atoms with Crippen molar-refractivity contribution in [3.63, 3.8) is 0 Å². The van der Waals surface area contributed by atoms with Crippen LogP contribution in [0.5, 0.6) is 0 Å². The molecule has 0 fully saturated rings. The summed E-state index contributed by atoms with van der Waals surface area (Å²) in [5.74, 6) is 0. The molecular weight excluding hydrogens is 188 g/mol. The third-order valence-corrected chi connectivity index (χ3v) is 2.36. The van der Waals surface area contributed by atoms with E-state index in [0.717, 1.165) is 12.8 Å². The summed E-state index contributed by atoms with van der Waals surface area (Å²) < 4.78 is 0. The van der Waals surface area contributed by atoms with E-state index in [1.165, 1.54) is 0 Å². The van der Waals surface area contributed by atoms with Gasteiger partial charge in [0.25, 0.3) is 0 Å². The Morgan fingerprint density at radius 3 is 2.13 bits per heavy atom. The first-order valence-electron chi connectivity index (χ1n) is 5.89. The number of aliphatic hydroxyl groups excluding tert-OH is 1. The Balaban J connectivity index is 3.98. The summed E-state index contributed by atoms with van der Waals surface area (Å²) in [4.78, 5) is 0. The van der Waals surface area contributed by atoms with Gasteiger partial charge in [-0.2, -0.15) is 0 Å². The summed E-state index contributed by atoms with van der Waals surface area (Å²) in [5, 5.41) is 12.7. The fourth-order valence-corrected chi connectivity index (χ4v) is 1.93. The molecule has 4 N–H and O–H groups in total. The van der Waals surface area contributed by atoms with Gasteiger partial charge in [-0.1, -0.05) is 20.8 Å². The summed E-state index contributed by atoms with van der Waals surface area (Å²) in [6.45, 7) is 11.2. The third-order valence-electron chi connectivity index (χ3n) is 2.36. The summed E-state index contributed by atoms with van der Waals surface area (Å²) >= 11 is 0. The van der Waals surface area contributed by atoms with Crippen LogP contribution in [-0.4, -0.2) is 29.8 Å². The third kappa shape index (κ3) is 8.85. The van der Waals surface area contributed by atoms with Gasteiger partial charge >= 0.3 is 0 Å². The molecule has 0 aliphatic rings. The fourth-order valence-electron chi connectivity index (χ4n) is 1.93. The molecule has 0 heterocycles. The molecule has 0 aromatic rings. The van der Waals surface area contributed by atoms with Gasteiger partial charge in [-0.3, -0.25) is 0 Å². The van der Waals surface area contributed by atoms with Gasteiger partial charge in [0.1, 0.15) is 0 Å². The van der Waals surface area contributed by atoms with Crippen LogP contribution in [0.3, 0.4) is 0 Å². The molecule has 0 aliphatic heterocycles. The highest BCUT2D eigenvalue weighted by Crippen LogP contribution is 2.20. The van der Waals surface area contributed by atoms with Crippen molar-refractivity contribution in [1.29, 1.82) is 0 Å². The highest BCUT2D eigenvalue weighted by Gasteiger charge is 2.19. The Labute approximate surface area is 94.4 Å². The zero-order chi connectivity index (χ0) is 12.1. The van der Waals surface area contributed by atoms with Gasteiger partial charge in [0.05, 0.1) is 6.10 Å². The molecule has 0 saturated carbocycles. The number of nitrogens with one attached hydrogen (secondary N) is 1. The lowest BCUT2D eigenvalue weighted by atomic mass is 9.87. The zero-order valence-corrected chi connectivity index (χ0v) is 10.9. The molecule has 3 nitrogen and oxygen atoms in total. The summed E-state index contributed by atoms with van der Waals surface area (Å²) in [7, 11) is 0. The van der Waals surface area contributed by atoms with Crippen LogP contribution in [0, 0.1) is 5.41 Å². The second-order valence-electron chi connectivity index (χ2n) is 5.85. The number of hydrogen-bond donors (Lipinski definition) is 3. The lowest BCUT2D eigenvalue weighted by molar-refractivity contribution is 0.165. The molecule has 0 spiro atoms. The van der Waals surface area contributed by atoms with Crippen LogP contribution >= 0.6 is 0 Å². The molecule has 0 amide bonds. The molecule has 0 radical (unpaired) electrons. The molecule has 0 aromatic heterocycles. The van der Waals surface area contributed by atoms with Gasteiger partial charge in [-0.05, 0) is 32.1 Å². The van der Waals surface area contributed by atoms with Crippen molar-refractivity contribution in [1.82, 2.24) is 5.32 Å². The van der Waals surface area contributed by atoms with E-state index in [2.05, 4.69) is 33.0 Å². The molecule has 0 bridgehead atoms. The van der Waals surface area contributed by atoms with Crippen molar-refractivity contribution in [2.45, 2.75) is 65.6 Å². The molecule has 3 unspecified atom stereocenters. The molecule has 92 valence electrons. The molecule has 0 aliphatic carbocycles. The van der Waals surface area contributed by atoms with Gasteiger partial charge in [0, 0.05) is 18.6 Å². The average Bonchev–Trinajstić information content (AvgIpc) is 1.98. The summed E-state index contributed by atoms with van der Waals surface area (Å²) in [5.41, 5.74) is 6.03. The van der Waals surface area contributed by atoms with E-state index in [1.54, 1.807) is 0 Å². The highest BCUT2D eigenvalue weighted by atomic mass is 16.3. The number of nitrogens with two attached hydrogens (primary N) is 1. The van der Waals surface area contributed by atoms with Crippen LogP contribution < -0.4 is 11.1 Å². The standard InChI is InChI=1S/C12H28N2O/c1-9(6-10(2)15)14-11(8-13)7-12(3,4)5/h9-11,14-15H,6-8,13H2,1-5H3. The molecule has 3 heteroatoms. The Morgan fingerprint density at radius 1 is 1.27 bits per heavy atom. The minimum Gasteiger partial charge on any atom is -0.393 e. The Kier molecular flexibility index (Phi) is 6.41. The quantitative estimate of drug-likeness (QED) is 0.630. The van der Waals surface area contributed by atoms with Gasteiger partial charge in [-0.15, -0.1) is 0 Å². The van der Waals surface area contributed by atoms with E-state index in [-0.39, 0.29) is 6.10 Å². The van der Waals surface area contributed by atoms with Crippen molar-refractivity contribution in [2.75, 3.05) is 6.54 Å². The molecule has 15 heavy (non-hydrogen) atoms. The van der Waals surface area contributed by atoms with E-state index in [1.807, 2.05) is 6.92 Å². The van der Waals surface area contributed by atoms with Gasteiger partial charge < -0.3 is 16.2 Å². The van der Waals surface area contributed by atoms with Crippen LogP contribution in [0.4, 0.5) is 0 Å². The first kappa shape index (κ1) is 14.9. The van der Waals surface area contributed by atoms with Crippen molar-refractivity contribution >= 4 is 0 Å². The largest absolute Gasteiger partial charge is 0.393 e. The van der Waals surface area contributed by atoms with E-state index < -0.39 is 0 Å². The first-order chi connectivity index (χ1) is 6.74. The minimum absolute atomic E-state index is 0.249. The normalized spacial score (nSPS) is 18.6. The van der Waals surface area contributed by atoms with Gasteiger partial charge in [-0.25, -0.2) is 0 Å². The van der Waals surface area contributed by atoms with E-state index >= 15 is 0 Å². The predicted octanol–water partition coefficient (Wildman–Crippen LogP) is 1.50. The summed E-state index contributed by atoms with van der Waals surface area (Å²) in [6, 6.07) is 0.666. The Bertz CT molecular complexity index is 163. The van der Waals surface area contributed by atoms with E-state index in [9.17, 15) is 5.11 Å². The van der Waals surface area contributed by atoms with E-state index in [0.29, 0.717) is 24.0 Å². The second kappa shape index (κ2) is 6.46. The summed E-state index contributed by atoms with van der Waals surface area (Å²) in [6.07, 6.45) is 1.59.